The molecule has 0 saturated carbocycles. The van der Waals surface area contributed by atoms with E-state index >= 15 is 0 Å². The van der Waals surface area contributed by atoms with Crippen LogP contribution in [0.25, 0.3) is 12.2 Å². The van der Waals surface area contributed by atoms with Gasteiger partial charge in [-0.15, -0.1) is 0 Å². The monoisotopic (exact) mass is 371 g/mol. The molecule has 140 valence electrons. The fourth-order valence-corrected chi connectivity index (χ4v) is 2.58. The number of non-ortho nitro benzene ring substituents is 1. The van der Waals surface area contributed by atoms with Crippen LogP contribution < -0.4 is 4.90 Å². The van der Waals surface area contributed by atoms with Gasteiger partial charge in [0.05, 0.1) is 10.6 Å². The van der Waals surface area contributed by atoms with E-state index in [2.05, 4.69) is 22.0 Å². The molecule has 0 amide bonds. The van der Waals surface area contributed by atoms with Crippen LogP contribution in [0.15, 0.2) is 77.8 Å². The summed E-state index contributed by atoms with van der Waals surface area (Å²) in [6.07, 6.45) is 5.74. The summed E-state index contributed by atoms with van der Waals surface area (Å²) in [5, 5.41) is 10.7. The van der Waals surface area contributed by atoms with Crippen LogP contribution in [0.4, 0.5) is 17.1 Å². The first kappa shape index (κ1) is 19.0. The van der Waals surface area contributed by atoms with Crippen molar-refractivity contribution in [3.63, 3.8) is 0 Å². The van der Waals surface area contributed by atoms with Crippen LogP contribution in [0.2, 0.25) is 0 Å². The molecule has 0 spiro atoms. The molecule has 0 aliphatic heterocycles. The molecule has 0 N–H and O–H groups in total. The molecule has 0 aliphatic rings. The van der Waals surface area contributed by atoms with Gasteiger partial charge >= 0.3 is 0 Å². The molecule has 0 aliphatic carbocycles. The molecule has 0 fully saturated rings. The van der Waals surface area contributed by atoms with E-state index < -0.39 is 4.92 Å². The molecule has 0 heterocycles. The van der Waals surface area contributed by atoms with Gasteiger partial charge in [0, 0.05) is 38.1 Å². The molecule has 5 heteroatoms. The van der Waals surface area contributed by atoms with Gasteiger partial charge in [0.2, 0.25) is 0 Å². The first-order valence-corrected chi connectivity index (χ1v) is 8.85. The summed E-state index contributed by atoms with van der Waals surface area (Å²) in [7, 11) is 4.03. The van der Waals surface area contributed by atoms with E-state index in [9.17, 15) is 10.1 Å². The highest BCUT2D eigenvalue weighted by Gasteiger charge is 2.02. The number of benzene rings is 3. The van der Waals surface area contributed by atoms with E-state index in [1.807, 2.05) is 68.9 Å². The maximum Gasteiger partial charge on any atom is 0.269 e. The lowest BCUT2D eigenvalue weighted by Gasteiger charge is -2.11. The average molecular weight is 371 g/mol. The minimum Gasteiger partial charge on any atom is -0.378 e. The number of rotatable bonds is 6. The van der Waals surface area contributed by atoms with Crippen molar-refractivity contribution in [1.82, 2.24) is 0 Å². The zero-order valence-corrected chi connectivity index (χ0v) is 15.8. The lowest BCUT2D eigenvalue weighted by molar-refractivity contribution is -0.384. The quantitative estimate of drug-likeness (QED) is 0.246. The second-order valence-electron chi connectivity index (χ2n) is 6.52. The van der Waals surface area contributed by atoms with E-state index in [0.717, 1.165) is 28.1 Å². The zero-order chi connectivity index (χ0) is 19.9. The van der Waals surface area contributed by atoms with Crippen molar-refractivity contribution >= 4 is 35.4 Å². The van der Waals surface area contributed by atoms with Crippen LogP contribution >= 0.6 is 0 Å². The Hall–Kier alpha value is -3.73. The molecule has 0 aromatic heterocycles. The standard InChI is InChI=1S/C23H21N3O2/c1-25(2)22-13-9-20(10-14-22)17-24-21-11-5-18(6-12-21)3-4-19-7-15-23(16-8-19)26(27)28/h3-17H,1-2H3. The molecule has 0 bridgehead atoms. The Morgan fingerprint density at radius 2 is 1.29 bits per heavy atom. The predicted octanol–water partition coefficient (Wildman–Crippen LogP) is 5.58. The van der Waals surface area contributed by atoms with E-state index in [-0.39, 0.29) is 5.69 Å². The highest BCUT2D eigenvalue weighted by atomic mass is 16.6. The predicted molar refractivity (Wildman–Crippen MR) is 116 cm³/mol. The summed E-state index contributed by atoms with van der Waals surface area (Å²) in [5.41, 5.74) is 5.12. The summed E-state index contributed by atoms with van der Waals surface area (Å²) >= 11 is 0. The first-order valence-electron chi connectivity index (χ1n) is 8.85. The Labute approximate surface area is 164 Å². The van der Waals surface area contributed by atoms with Crippen LogP contribution in [-0.2, 0) is 0 Å². The van der Waals surface area contributed by atoms with E-state index in [1.165, 1.54) is 12.1 Å². The summed E-state index contributed by atoms with van der Waals surface area (Å²) in [6, 6.07) is 22.6. The molecular formula is C23H21N3O2. The lowest BCUT2D eigenvalue weighted by atomic mass is 10.1. The van der Waals surface area contributed by atoms with Crippen LogP contribution in [0.1, 0.15) is 16.7 Å². The summed E-state index contributed by atoms with van der Waals surface area (Å²) in [4.78, 5) is 16.9. The number of aliphatic imine (C=N–C) groups is 1. The number of hydrogen-bond acceptors (Lipinski definition) is 4. The molecule has 0 radical (unpaired) electrons. The molecule has 28 heavy (non-hydrogen) atoms. The van der Waals surface area contributed by atoms with Gasteiger partial charge in [-0.25, -0.2) is 0 Å². The van der Waals surface area contributed by atoms with Gasteiger partial charge in [-0.3, -0.25) is 15.1 Å². The Morgan fingerprint density at radius 1 is 0.786 bits per heavy atom. The summed E-state index contributed by atoms with van der Waals surface area (Å²) < 4.78 is 0. The number of nitrogens with zero attached hydrogens (tertiary/aromatic N) is 3. The number of nitro groups is 1. The van der Waals surface area contributed by atoms with Gasteiger partial charge in [0.15, 0.2) is 0 Å². The average Bonchev–Trinajstić information content (AvgIpc) is 2.72. The molecule has 0 saturated heterocycles. The molecule has 3 aromatic carbocycles. The van der Waals surface area contributed by atoms with Gasteiger partial charge in [-0.1, -0.05) is 36.4 Å². The highest BCUT2D eigenvalue weighted by molar-refractivity contribution is 5.82. The largest absolute Gasteiger partial charge is 0.378 e. The Bertz CT molecular complexity index is 988. The lowest BCUT2D eigenvalue weighted by Crippen LogP contribution is -2.08. The second kappa shape index (κ2) is 8.77. The van der Waals surface area contributed by atoms with Crippen LogP contribution in [0, 0.1) is 10.1 Å². The SMILES string of the molecule is CN(C)c1ccc(C=Nc2ccc(C=Cc3ccc([N+](=O)[O-])cc3)cc2)cc1. The molecule has 3 rings (SSSR count). The van der Waals surface area contributed by atoms with Crippen molar-refractivity contribution in [1.29, 1.82) is 0 Å². The van der Waals surface area contributed by atoms with Crippen LogP contribution in [-0.4, -0.2) is 25.2 Å². The highest BCUT2D eigenvalue weighted by Crippen LogP contribution is 2.17. The number of anilines is 1. The normalized spacial score (nSPS) is 11.2. The van der Waals surface area contributed by atoms with E-state index in [4.69, 9.17) is 0 Å². The minimum atomic E-state index is -0.399. The molecular weight excluding hydrogens is 350 g/mol. The molecule has 0 atom stereocenters. The summed E-state index contributed by atoms with van der Waals surface area (Å²) in [6.45, 7) is 0. The Balaban J connectivity index is 1.63. The maximum atomic E-state index is 10.7. The second-order valence-corrected chi connectivity index (χ2v) is 6.52. The maximum absolute atomic E-state index is 10.7. The van der Waals surface area contributed by atoms with Crippen molar-refractivity contribution in [3.05, 3.63) is 99.6 Å². The van der Waals surface area contributed by atoms with Gasteiger partial charge in [-0.2, -0.15) is 0 Å². The van der Waals surface area contributed by atoms with Crippen molar-refractivity contribution < 1.29 is 4.92 Å². The third-order valence-electron chi connectivity index (χ3n) is 4.24. The fourth-order valence-electron chi connectivity index (χ4n) is 2.58. The third kappa shape index (κ3) is 5.14. The van der Waals surface area contributed by atoms with Crippen LogP contribution in [0.3, 0.4) is 0 Å². The van der Waals surface area contributed by atoms with Crippen molar-refractivity contribution in [2.45, 2.75) is 0 Å². The third-order valence-corrected chi connectivity index (χ3v) is 4.24. The minimum absolute atomic E-state index is 0.0933. The summed E-state index contributed by atoms with van der Waals surface area (Å²) in [5.74, 6) is 0. The number of hydrogen-bond donors (Lipinski definition) is 0. The fraction of sp³-hybridized carbons (Fsp3) is 0.0870. The molecule has 5 nitrogen and oxygen atoms in total. The Kier molecular flexibility index (Phi) is 5.97. The molecule has 3 aromatic rings. The van der Waals surface area contributed by atoms with E-state index in [1.54, 1.807) is 12.1 Å². The first-order chi connectivity index (χ1) is 13.5. The van der Waals surface area contributed by atoms with Gasteiger partial charge in [0.25, 0.3) is 5.69 Å². The van der Waals surface area contributed by atoms with E-state index in [0.29, 0.717) is 0 Å². The van der Waals surface area contributed by atoms with Crippen molar-refractivity contribution in [2.24, 2.45) is 4.99 Å². The van der Waals surface area contributed by atoms with Crippen molar-refractivity contribution in [2.75, 3.05) is 19.0 Å². The topological polar surface area (TPSA) is 58.7 Å². The van der Waals surface area contributed by atoms with Gasteiger partial charge < -0.3 is 4.90 Å². The van der Waals surface area contributed by atoms with Gasteiger partial charge in [0.1, 0.15) is 0 Å². The van der Waals surface area contributed by atoms with Crippen LogP contribution in [0.5, 0.6) is 0 Å². The van der Waals surface area contributed by atoms with Gasteiger partial charge in [-0.05, 0) is 53.1 Å². The molecule has 0 unspecified atom stereocenters. The Morgan fingerprint density at radius 3 is 1.79 bits per heavy atom. The zero-order valence-electron chi connectivity index (χ0n) is 15.8. The smallest absolute Gasteiger partial charge is 0.269 e. The number of nitro benzene ring substituents is 1. The van der Waals surface area contributed by atoms with Crippen molar-refractivity contribution in [3.8, 4) is 0 Å².